The summed E-state index contributed by atoms with van der Waals surface area (Å²) in [5, 5.41) is 10.1. The van der Waals surface area contributed by atoms with Crippen molar-refractivity contribution in [1.82, 2.24) is 14.9 Å². The van der Waals surface area contributed by atoms with Gasteiger partial charge < -0.3 is 10.0 Å². The first-order valence-corrected chi connectivity index (χ1v) is 11.6. The Morgan fingerprint density at radius 1 is 0.788 bits per heavy atom. The van der Waals surface area contributed by atoms with Crippen LogP contribution in [0.4, 0.5) is 5.82 Å². The van der Waals surface area contributed by atoms with Gasteiger partial charge in [0.05, 0.1) is 17.2 Å². The lowest BCUT2D eigenvalue weighted by molar-refractivity contribution is 0.249. The van der Waals surface area contributed by atoms with Crippen molar-refractivity contribution >= 4 is 16.9 Å². The molecule has 1 aromatic heterocycles. The SMILES string of the molecule is Cc1ccc(CN2CCN(c3cnc4ccc(-c5cc(C)c(O)c(C)c5)cc4n3)CC2)cc1. The molecule has 5 nitrogen and oxygen atoms in total. The third-order valence-electron chi connectivity index (χ3n) is 6.58. The molecular formula is C28H30N4O. The highest BCUT2D eigenvalue weighted by Crippen LogP contribution is 2.30. The summed E-state index contributed by atoms with van der Waals surface area (Å²) in [6.45, 7) is 10.9. The molecule has 0 unspecified atom stereocenters. The predicted molar refractivity (Wildman–Crippen MR) is 135 cm³/mol. The van der Waals surface area contributed by atoms with Gasteiger partial charge in [-0.1, -0.05) is 35.9 Å². The van der Waals surface area contributed by atoms with Crippen molar-refractivity contribution in [3.63, 3.8) is 0 Å². The van der Waals surface area contributed by atoms with Gasteiger partial charge in [-0.05, 0) is 72.9 Å². The quantitative estimate of drug-likeness (QED) is 0.472. The molecule has 1 aliphatic rings. The van der Waals surface area contributed by atoms with Crippen molar-refractivity contribution in [2.45, 2.75) is 27.3 Å². The molecule has 3 aromatic carbocycles. The number of benzene rings is 3. The van der Waals surface area contributed by atoms with Crippen LogP contribution in [0.15, 0.2) is 60.8 Å². The number of piperazine rings is 1. The van der Waals surface area contributed by atoms with Crippen molar-refractivity contribution in [2.24, 2.45) is 0 Å². The topological polar surface area (TPSA) is 52.5 Å². The molecule has 0 radical (unpaired) electrons. The normalized spacial score (nSPS) is 14.7. The number of anilines is 1. The molecule has 0 bridgehead atoms. The van der Waals surface area contributed by atoms with Gasteiger partial charge in [0.2, 0.25) is 0 Å². The van der Waals surface area contributed by atoms with E-state index in [9.17, 15) is 5.11 Å². The van der Waals surface area contributed by atoms with Crippen molar-refractivity contribution in [3.8, 4) is 16.9 Å². The number of hydrogen-bond donors (Lipinski definition) is 1. The average Bonchev–Trinajstić information content (AvgIpc) is 2.83. The molecule has 0 saturated carbocycles. The van der Waals surface area contributed by atoms with Crippen LogP contribution >= 0.6 is 0 Å². The van der Waals surface area contributed by atoms with Crippen molar-refractivity contribution in [3.05, 3.63) is 83.0 Å². The number of fused-ring (bicyclic) bond motifs is 1. The fraction of sp³-hybridized carbons (Fsp3) is 0.286. The molecule has 1 aliphatic heterocycles. The van der Waals surface area contributed by atoms with Gasteiger partial charge in [0.15, 0.2) is 0 Å². The first-order valence-electron chi connectivity index (χ1n) is 11.6. The second kappa shape index (κ2) is 8.83. The van der Waals surface area contributed by atoms with Gasteiger partial charge in [0.25, 0.3) is 0 Å². The molecule has 168 valence electrons. The van der Waals surface area contributed by atoms with E-state index in [1.165, 1.54) is 11.1 Å². The zero-order chi connectivity index (χ0) is 22.9. The zero-order valence-electron chi connectivity index (χ0n) is 19.5. The molecule has 0 amide bonds. The first kappa shape index (κ1) is 21.4. The number of rotatable bonds is 4. The second-order valence-corrected chi connectivity index (χ2v) is 9.14. The van der Waals surface area contributed by atoms with E-state index < -0.39 is 0 Å². The third kappa shape index (κ3) is 4.55. The molecule has 1 N–H and O–H groups in total. The van der Waals surface area contributed by atoms with Crippen LogP contribution in [0.2, 0.25) is 0 Å². The summed E-state index contributed by atoms with van der Waals surface area (Å²) in [5.74, 6) is 1.30. The predicted octanol–water partition coefficient (Wildman–Crippen LogP) is 5.25. The van der Waals surface area contributed by atoms with Gasteiger partial charge in [0, 0.05) is 32.7 Å². The molecule has 0 spiro atoms. The van der Waals surface area contributed by atoms with Crippen LogP contribution in [0, 0.1) is 20.8 Å². The van der Waals surface area contributed by atoms with Crippen molar-refractivity contribution in [1.29, 1.82) is 0 Å². The number of aryl methyl sites for hydroxylation is 3. The minimum atomic E-state index is 0.364. The van der Waals surface area contributed by atoms with E-state index in [2.05, 4.69) is 58.1 Å². The van der Waals surface area contributed by atoms with E-state index in [1.807, 2.05) is 38.2 Å². The van der Waals surface area contributed by atoms with Gasteiger partial charge in [0.1, 0.15) is 11.6 Å². The summed E-state index contributed by atoms with van der Waals surface area (Å²) in [7, 11) is 0. The number of aromatic nitrogens is 2. The van der Waals surface area contributed by atoms with E-state index in [1.54, 1.807) is 0 Å². The Balaban J connectivity index is 1.32. The van der Waals surface area contributed by atoms with Gasteiger partial charge in [-0.3, -0.25) is 9.88 Å². The summed E-state index contributed by atoms with van der Waals surface area (Å²) in [4.78, 5) is 14.5. The summed E-state index contributed by atoms with van der Waals surface area (Å²) in [6.07, 6.45) is 1.90. The summed E-state index contributed by atoms with van der Waals surface area (Å²) >= 11 is 0. The highest BCUT2D eigenvalue weighted by atomic mass is 16.3. The van der Waals surface area contributed by atoms with Crippen molar-refractivity contribution in [2.75, 3.05) is 31.1 Å². The summed E-state index contributed by atoms with van der Waals surface area (Å²) in [5.41, 5.74) is 8.40. The van der Waals surface area contributed by atoms with Crippen LogP contribution in [-0.4, -0.2) is 46.2 Å². The second-order valence-electron chi connectivity index (χ2n) is 9.14. The number of hydrogen-bond acceptors (Lipinski definition) is 5. The molecule has 2 heterocycles. The molecule has 1 saturated heterocycles. The highest BCUT2D eigenvalue weighted by Gasteiger charge is 2.19. The molecular weight excluding hydrogens is 408 g/mol. The fourth-order valence-electron chi connectivity index (χ4n) is 4.54. The molecule has 0 aliphatic carbocycles. The summed E-state index contributed by atoms with van der Waals surface area (Å²) in [6, 6.07) is 19.1. The largest absolute Gasteiger partial charge is 0.507 e. The lowest BCUT2D eigenvalue weighted by Crippen LogP contribution is -2.46. The van der Waals surface area contributed by atoms with Crippen LogP contribution in [0.3, 0.4) is 0 Å². The maximum atomic E-state index is 10.1. The van der Waals surface area contributed by atoms with Gasteiger partial charge >= 0.3 is 0 Å². The van der Waals surface area contributed by atoms with Gasteiger partial charge in [-0.2, -0.15) is 0 Å². The Labute approximate surface area is 195 Å². The first-order chi connectivity index (χ1) is 16.0. The van der Waals surface area contributed by atoms with E-state index in [0.717, 1.165) is 71.8 Å². The molecule has 5 rings (SSSR count). The van der Waals surface area contributed by atoms with E-state index >= 15 is 0 Å². The zero-order valence-corrected chi connectivity index (χ0v) is 19.5. The number of phenolic OH excluding ortho intramolecular Hbond substituents is 1. The number of phenols is 1. The Bertz CT molecular complexity index is 1270. The minimum absolute atomic E-state index is 0.364. The highest BCUT2D eigenvalue weighted by molar-refractivity contribution is 5.82. The lowest BCUT2D eigenvalue weighted by Gasteiger charge is -2.35. The smallest absolute Gasteiger partial charge is 0.147 e. The van der Waals surface area contributed by atoms with Gasteiger partial charge in [-0.15, -0.1) is 0 Å². The van der Waals surface area contributed by atoms with E-state index in [4.69, 9.17) is 4.98 Å². The maximum Gasteiger partial charge on any atom is 0.147 e. The third-order valence-corrected chi connectivity index (χ3v) is 6.58. The Morgan fingerprint density at radius 3 is 2.18 bits per heavy atom. The summed E-state index contributed by atoms with van der Waals surface area (Å²) < 4.78 is 0. The van der Waals surface area contributed by atoms with Crippen LogP contribution in [-0.2, 0) is 6.54 Å². The molecule has 33 heavy (non-hydrogen) atoms. The van der Waals surface area contributed by atoms with Gasteiger partial charge in [-0.25, -0.2) is 4.98 Å². The van der Waals surface area contributed by atoms with Crippen LogP contribution in [0.1, 0.15) is 22.3 Å². The Kier molecular flexibility index (Phi) is 5.73. The van der Waals surface area contributed by atoms with E-state index in [0.29, 0.717) is 5.75 Å². The number of nitrogens with zero attached hydrogens (tertiary/aromatic N) is 4. The molecule has 1 fully saturated rings. The average molecular weight is 439 g/mol. The molecule has 4 aromatic rings. The molecule has 0 atom stereocenters. The Hall–Kier alpha value is -3.44. The van der Waals surface area contributed by atoms with Crippen LogP contribution < -0.4 is 4.90 Å². The lowest BCUT2D eigenvalue weighted by atomic mass is 9.99. The minimum Gasteiger partial charge on any atom is -0.507 e. The van der Waals surface area contributed by atoms with Crippen LogP contribution in [0.25, 0.3) is 22.2 Å². The van der Waals surface area contributed by atoms with Crippen LogP contribution in [0.5, 0.6) is 5.75 Å². The Morgan fingerprint density at radius 2 is 1.48 bits per heavy atom. The van der Waals surface area contributed by atoms with Crippen molar-refractivity contribution < 1.29 is 5.11 Å². The van der Waals surface area contributed by atoms with E-state index in [-0.39, 0.29) is 0 Å². The maximum absolute atomic E-state index is 10.1. The monoisotopic (exact) mass is 438 g/mol. The molecule has 5 heteroatoms. The standard InChI is InChI=1S/C28H30N4O/c1-19-4-6-22(7-5-19)18-31-10-12-32(13-11-31)27-17-29-25-9-8-23(16-26(25)30-27)24-14-20(2)28(33)21(3)15-24/h4-9,14-17,33H,10-13,18H2,1-3H3. The number of aromatic hydroxyl groups is 1. The fourth-order valence-corrected chi connectivity index (χ4v) is 4.54.